The standard InChI is InChI=1S/C12H15ClFNO2/c1-12(2,3)17-11(16)15-10-5-4-9(14)6-8(10)7-13/h4-6H,7H2,1-3H3,(H,15,16). The van der Waals surface area contributed by atoms with E-state index in [4.69, 9.17) is 16.3 Å². The summed E-state index contributed by atoms with van der Waals surface area (Å²) in [5.41, 5.74) is 0.388. The van der Waals surface area contributed by atoms with Crippen molar-refractivity contribution in [3.8, 4) is 0 Å². The van der Waals surface area contributed by atoms with Gasteiger partial charge in [0.1, 0.15) is 11.4 Å². The molecule has 0 bridgehead atoms. The van der Waals surface area contributed by atoms with Gasteiger partial charge in [0.05, 0.1) is 0 Å². The van der Waals surface area contributed by atoms with Crippen LogP contribution >= 0.6 is 11.6 Å². The number of hydrogen-bond acceptors (Lipinski definition) is 2. The summed E-state index contributed by atoms with van der Waals surface area (Å²) >= 11 is 5.66. The van der Waals surface area contributed by atoms with Crippen molar-refractivity contribution in [1.82, 2.24) is 0 Å². The maximum atomic E-state index is 12.9. The number of alkyl halides is 1. The minimum atomic E-state index is -0.588. The number of rotatable bonds is 2. The summed E-state index contributed by atoms with van der Waals surface area (Å²) in [7, 11) is 0. The van der Waals surface area contributed by atoms with Crippen molar-refractivity contribution in [3.63, 3.8) is 0 Å². The molecule has 1 aromatic rings. The van der Waals surface area contributed by atoms with Gasteiger partial charge in [0.25, 0.3) is 0 Å². The molecule has 1 rings (SSSR count). The largest absolute Gasteiger partial charge is 0.444 e. The average Bonchev–Trinajstić information content (AvgIpc) is 2.17. The Morgan fingerprint density at radius 2 is 2.12 bits per heavy atom. The quantitative estimate of drug-likeness (QED) is 0.818. The summed E-state index contributed by atoms with van der Waals surface area (Å²) in [6.45, 7) is 5.29. The molecule has 3 nitrogen and oxygen atoms in total. The van der Waals surface area contributed by atoms with Crippen LogP contribution in [-0.4, -0.2) is 11.7 Å². The van der Waals surface area contributed by atoms with Gasteiger partial charge in [0, 0.05) is 11.6 Å². The Balaban J connectivity index is 2.78. The van der Waals surface area contributed by atoms with Gasteiger partial charge in [-0.25, -0.2) is 9.18 Å². The van der Waals surface area contributed by atoms with Crippen molar-refractivity contribution in [1.29, 1.82) is 0 Å². The van der Waals surface area contributed by atoms with Crippen LogP contribution in [0.1, 0.15) is 26.3 Å². The predicted molar refractivity (Wildman–Crippen MR) is 65.8 cm³/mol. The molecule has 94 valence electrons. The Labute approximate surface area is 105 Å². The molecular weight excluding hydrogens is 245 g/mol. The Hall–Kier alpha value is -1.29. The van der Waals surface area contributed by atoms with Crippen LogP contribution in [0.5, 0.6) is 0 Å². The molecule has 1 aromatic carbocycles. The van der Waals surface area contributed by atoms with Crippen molar-refractivity contribution < 1.29 is 13.9 Å². The lowest BCUT2D eigenvalue weighted by Crippen LogP contribution is -2.27. The van der Waals surface area contributed by atoms with Gasteiger partial charge in [0.15, 0.2) is 0 Å². The first kappa shape index (κ1) is 13.8. The van der Waals surface area contributed by atoms with Crippen LogP contribution < -0.4 is 5.32 Å². The van der Waals surface area contributed by atoms with Crippen LogP contribution in [0.4, 0.5) is 14.9 Å². The fourth-order valence-electron chi connectivity index (χ4n) is 1.21. The van der Waals surface area contributed by atoms with Crippen LogP contribution in [0.2, 0.25) is 0 Å². The van der Waals surface area contributed by atoms with Gasteiger partial charge in [0.2, 0.25) is 0 Å². The Morgan fingerprint density at radius 3 is 2.65 bits per heavy atom. The number of carbonyl (C=O) groups excluding carboxylic acids is 1. The number of halogens is 2. The highest BCUT2D eigenvalue weighted by atomic mass is 35.5. The van der Waals surface area contributed by atoms with Crippen LogP contribution in [0.15, 0.2) is 18.2 Å². The number of carbonyl (C=O) groups is 1. The van der Waals surface area contributed by atoms with Gasteiger partial charge in [-0.3, -0.25) is 5.32 Å². The van der Waals surface area contributed by atoms with E-state index >= 15 is 0 Å². The smallest absolute Gasteiger partial charge is 0.412 e. The highest BCUT2D eigenvalue weighted by Crippen LogP contribution is 2.20. The molecule has 0 saturated heterocycles. The molecular formula is C12H15ClFNO2. The summed E-state index contributed by atoms with van der Waals surface area (Å²) in [5.74, 6) is -0.279. The molecule has 0 spiro atoms. The molecule has 5 heteroatoms. The number of anilines is 1. The summed E-state index contributed by atoms with van der Waals surface area (Å²) in [6.07, 6.45) is -0.588. The third-order valence-electron chi connectivity index (χ3n) is 1.85. The van der Waals surface area contributed by atoms with E-state index < -0.39 is 17.5 Å². The fraction of sp³-hybridized carbons (Fsp3) is 0.417. The number of amides is 1. The second-order valence-corrected chi connectivity index (χ2v) is 4.83. The van der Waals surface area contributed by atoms with Crippen LogP contribution in [0.25, 0.3) is 0 Å². The zero-order valence-electron chi connectivity index (χ0n) is 10.0. The topological polar surface area (TPSA) is 38.3 Å². The Morgan fingerprint density at radius 1 is 1.47 bits per heavy atom. The predicted octanol–water partition coefficient (Wildman–Crippen LogP) is 3.91. The van der Waals surface area contributed by atoms with Crippen LogP contribution in [0.3, 0.4) is 0 Å². The second kappa shape index (κ2) is 5.36. The molecule has 0 aliphatic heterocycles. The zero-order valence-corrected chi connectivity index (χ0v) is 10.8. The SMILES string of the molecule is CC(C)(C)OC(=O)Nc1ccc(F)cc1CCl. The summed E-state index contributed by atoms with van der Waals surface area (Å²) in [5, 5.41) is 2.53. The molecule has 0 aliphatic carbocycles. The van der Waals surface area contributed by atoms with Crippen molar-refractivity contribution in [2.45, 2.75) is 32.3 Å². The maximum Gasteiger partial charge on any atom is 0.412 e. The third kappa shape index (κ3) is 4.61. The molecule has 0 fully saturated rings. The number of hydrogen-bond donors (Lipinski definition) is 1. The Bertz CT molecular complexity index is 415. The summed E-state index contributed by atoms with van der Waals surface area (Å²) in [4.78, 5) is 11.5. The van der Waals surface area contributed by atoms with Gasteiger partial charge < -0.3 is 4.74 Å². The van der Waals surface area contributed by atoms with Crippen LogP contribution in [-0.2, 0) is 10.6 Å². The lowest BCUT2D eigenvalue weighted by Gasteiger charge is -2.20. The minimum absolute atomic E-state index is 0.114. The highest BCUT2D eigenvalue weighted by Gasteiger charge is 2.17. The number of ether oxygens (including phenoxy) is 1. The van der Waals surface area contributed by atoms with E-state index in [9.17, 15) is 9.18 Å². The molecule has 0 unspecified atom stereocenters. The highest BCUT2D eigenvalue weighted by molar-refractivity contribution is 6.17. The van der Waals surface area contributed by atoms with E-state index in [1.165, 1.54) is 18.2 Å². The average molecular weight is 260 g/mol. The molecule has 0 aliphatic rings. The maximum absolute atomic E-state index is 12.9. The molecule has 0 saturated carbocycles. The second-order valence-electron chi connectivity index (χ2n) is 4.56. The number of nitrogens with one attached hydrogen (secondary N) is 1. The molecule has 1 amide bonds. The van der Waals surface area contributed by atoms with Crippen molar-refractivity contribution in [3.05, 3.63) is 29.6 Å². The lowest BCUT2D eigenvalue weighted by molar-refractivity contribution is 0.0636. The van der Waals surface area contributed by atoms with Crippen LogP contribution in [0, 0.1) is 5.82 Å². The number of benzene rings is 1. The molecule has 1 N–H and O–H groups in total. The Kier molecular flexibility index (Phi) is 4.34. The molecule has 0 heterocycles. The monoisotopic (exact) mass is 259 g/mol. The zero-order chi connectivity index (χ0) is 13.1. The van der Waals surface area contributed by atoms with E-state index in [0.717, 1.165) is 0 Å². The van der Waals surface area contributed by atoms with Gasteiger partial charge in [-0.1, -0.05) is 0 Å². The van der Waals surface area contributed by atoms with Crippen molar-refractivity contribution in [2.75, 3.05) is 5.32 Å². The van der Waals surface area contributed by atoms with Crippen molar-refractivity contribution in [2.24, 2.45) is 0 Å². The van der Waals surface area contributed by atoms with E-state index in [2.05, 4.69) is 5.32 Å². The minimum Gasteiger partial charge on any atom is -0.444 e. The van der Waals surface area contributed by atoms with E-state index in [-0.39, 0.29) is 5.88 Å². The molecule has 0 radical (unpaired) electrons. The van der Waals surface area contributed by atoms with Gasteiger partial charge >= 0.3 is 6.09 Å². The molecule has 0 atom stereocenters. The molecule has 17 heavy (non-hydrogen) atoms. The van der Waals surface area contributed by atoms with Gasteiger partial charge in [-0.05, 0) is 44.5 Å². The van der Waals surface area contributed by atoms with E-state index in [1.54, 1.807) is 20.8 Å². The normalized spacial score (nSPS) is 11.1. The summed E-state index contributed by atoms with van der Waals surface area (Å²) in [6, 6.07) is 3.99. The van der Waals surface area contributed by atoms with E-state index in [0.29, 0.717) is 11.3 Å². The lowest BCUT2D eigenvalue weighted by atomic mass is 10.2. The first-order valence-corrected chi connectivity index (χ1v) is 5.69. The van der Waals surface area contributed by atoms with E-state index in [1.807, 2.05) is 0 Å². The van der Waals surface area contributed by atoms with Crippen molar-refractivity contribution >= 4 is 23.4 Å². The van der Waals surface area contributed by atoms with Gasteiger partial charge in [-0.15, -0.1) is 11.6 Å². The summed E-state index contributed by atoms with van der Waals surface area (Å²) < 4.78 is 18.0. The fourth-order valence-corrected chi connectivity index (χ4v) is 1.43. The first-order valence-electron chi connectivity index (χ1n) is 5.16. The van der Waals surface area contributed by atoms with Gasteiger partial charge in [-0.2, -0.15) is 0 Å². The first-order chi connectivity index (χ1) is 7.81. The molecule has 0 aromatic heterocycles. The third-order valence-corrected chi connectivity index (χ3v) is 2.13.